The topological polar surface area (TPSA) is 83.8 Å². The molecule has 1 aliphatic rings. The number of aromatic amines is 1. The Balaban J connectivity index is 1.78. The molecule has 0 spiro atoms. The van der Waals surface area contributed by atoms with Crippen LogP contribution in [0, 0.1) is 5.92 Å². The number of aromatic nitrogens is 2. The molecule has 4 N–H and O–H groups in total. The molecule has 76 valence electrons. The lowest BCUT2D eigenvalue weighted by Gasteiger charge is -2.08. The fraction of sp³-hybridized carbons (Fsp3) is 0.556. The summed E-state index contributed by atoms with van der Waals surface area (Å²) in [7, 11) is 0. The molecular weight excluding hydrogens is 180 g/mol. The molecule has 1 aromatic rings. The van der Waals surface area contributed by atoms with Gasteiger partial charge < -0.3 is 11.1 Å². The highest BCUT2D eigenvalue weighted by atomic mass is 16.1. The van der Waals surface area contributed by atoms with Gasteiger partial charge in [0.1, 0.15) is 0 Å². The number of amides is 1. The fourth-order valence-electron chi connectivity index (χ4n) is 1.44. The number of hydrogen-bond acceptors (Lipinski definition) is 3. The Morgan fingerprint density at radius 3 is 3.14 bits per heavy atom. The summed E-state index contributed by atoms with van der Waals surface area (Å²) in [4.78, 5) is 11.4. The molecule has 0 radical (unpaired) electrons. The maximum absolute atomic E-state index is 11.4. The number of nitrogens with zero attached hydrogens (tertiary/aromatic N) is 1. The summed E-state index contributed by atoms with van der Waals surface area (Å²) in [6, 6.07) is 0.0156. The SMILES string of the molecule is NC(CC(=O)Nc1cn[nH]c1)C1CC1. The molecule has 0 bridgehead atoms. The van der Waals surface area contributed by atoms with Crippen LogP contribution in [0.15, 0.2) is 12.4 Å². The van der Waals surface area contributed by atoms with Crippen molar-refractivity contribution in [1.82, 2.24) is 10.2 Å². The Kier molecular flexibility index (Phi) is 2.49. The van der Waals surface area contributed by atoms with Gasteiger partial charge in [-0.1, -0.05) is 0 Å². The molecule has 0 aromatic carbocycles. The van der Waals surface area contributed by atoms with E-state index in [0.717, 1.165) is 0 Å². The van der Waals surface area contributed by atoms with Gasteiger partial charge in [0.15, 0.2) is 0 Å². The first-order valence-electron chi connectivity index (χ1n) is 4.80. The molecule has 5 heteroatoms. The van der Waals surface area contributed by atoms with Crippen LogP contribution in [0.4, 0.5) is 5.69 Å². The Labute approximate surface area is 82.1 Å². The van der Waals surface area contributed by atoms with E-state index in [-0.39, 0.29) is 11.9 Å². The van der Waals surface area contributed by atoms with Gasteiger partial charge in [-0.2, -0.15) is 5.10 Å². The normalized spacial score (nSPS) is 17.8. The minimum absolute atomic E-state index is 0.0156. The lowest BCUT2D eigenvalue weighted by molar-refractivity contribution is -0.116. The lowest BCUT2D eigenvalue weighted by atomic mass is 10.1. The molecule has 0 saturated heterocycles. The monoisotopic (exact) mass is 194 g/mol. The molecular formula is C9H14N4O. The van der Waals surface area contributed by atoms with Crippen LogP contribution in [0.1, 0.15) is 19.3 Å². The third kappa shape index (κ3) is 2.32. The molecule has 5 nitrogen and oxygen atoms in total. The van der Waals surface area contributed by atoms with Crippen molar-refractivity contribution in [3.05, 3.63) is 12.4 Å². The van der Waals surface area contributed by atoms with Crippen molar-refractivity contribution in [3.8, 4) is 0 Å². The minimum Gasteiger partial charge on any atom is -0.327 e. The van der Waals surface area contributed by atoms with Gasteiger partial charge >= 0.3 is 0 Å². The summed E-state index contributed by atoms with van der Waals surface area (Å²) < 4.78 is 0. The first-order valence-corrected chi connectivity index (χ1v) is 4.80. The number of hydrogen-bond donors (Lipinski definition) is 3. The molecule has 1 unspecified atom stereocenters. The van der Waals surface area contributed by atoms with Crippen molar-refractivity contribution in [2.45, 2.75) is 25.3 Å². The second-order valence-electron chi connectivity index (χ2n) is 3.74. The third-order valence-electron chi connectivity index (χ3n) is 2.43. The van der Waals surface area contributed by atoms with Crippen LogP contribution in [0.25, 0.3) is 0 Å². The zero-order chi connectivity index (χ0) is 9.97. The van der Waals surface area contributed by atoms with Gasteiger partial charge in [-0.05, 0) is 18.8 Å². The second kappa shape index (κ2) is 3.79. The summed E-state index contributed by atoms with van der Waals surface area (Å²) in [6.07, 6.45) is 5.94. The zero-order valence-corrected chi connectivity index (χ0v) is 7.86. The van der Waals surface area contributed by atoms with Crippen molar-refractivity contribution in [3.63, 3.8) is 0 Å². The van der Waals surface area contributed by atoms with Gasteiger partial charge in [0.25, 0.3) is 0 Å². The maximum Gasteiger partial charge on any atom is 0.226 e. The molecule has 0 aliphatic heterocycles. The van der Waals surface area contributed by atoms with E-state index in [1.807, 2.05) is 0 Å². The minimum atomic E-state index is -0.0363. The smallest absolute Gasteiger partial charge is 0.226 e. The Bertz CT molecular complexity index is 305. The number of carbonyl (C=O) groups is 1. The van der Waals surface area contributed by atoms with E-state index in [1.165, 1.54) is 12.8 Å². The fourth-order valence-corrected chi connectivity index (χ4v) is 1.44. The number of rotatable bonds is 4. The van der Waals surface area contributed by atoms with E-state index < -0.39 is 0 Å². The predicted octanol–water partition coefficient (Wildman–Crippen LogP) is 0.476. The van der Waals surface area contributed by atoms with Gasteiger partial charge in [0.05, 0.1) is 11.9 Å². The summed E-state index contributed by atoms with van der Waals surface area (Å²) in [5, 5.41) is 9.08. The number of nitrogens with one attached hydrogen (secondary N) is 2. The van der Waals surface area contributed by atoms with Crippen LogP contribution in [-0.4, -0.2) is 22.1 Å². The average Bonchev–Trinajstić information content (AvgIpc) is 2.87. The highest BCUT2D eigenvalue weighted by Gasteiger charge is 2.29. The van der Waals surface area contributed by atoms with E-state index in [4.69, 9.17) is 5.73 Å². The molecule has 1 atom stereocenters. The van der Waals surface area contributed by atoms with Gasteiger partial charge in [-0.25, -0.2) is 0 Å². The van der Waals surface area contributed by atoms with Crippen molar-refractivity contribution in [2.75, 3.05) is 5.32 Å². The van der Waals surface area contributed by atoms with Crippen LogP contribution in [0.2, 0.25) is 0 Å². The molecule has 1 aromatic heterocycles. The van der Waals surface area contributed by atoms with Crippen LogP contribution in [0.5, 0.6) is 0 Å². The predicted molar refractivity (Wildman–Crippen MR) is 52.5 cm³/mol. The quantitative estimate of drug-likeness (QED) is 0.651. The summed E-state index contributed by atoms with van der Waals surface area (Å²) in [5.74, 6) is 0.524. The number of nitrogens with two attached hydrogens (primary N) is 1. The van der Waals surface area contributed by atoms with Crippen molar-refractivity contribution < 1.29 is 4.79 Å². The number of H-pyrrole nitrogens is 1. The summed E-state index contributed by atoms with van der Waals surface area (Å²) in [6.45, 7) is 0. The van der Waals surface area contributed by atoms with Gasteiger partial charge in [-0.15, -0.1) is 0 Å². The molecule has 1 heterocycles. The lowest BCUT2D eigenvalue weighted by Crippen LogP contribution is -2.28. The molecule has 1 aliphatic carbocycles. The van der Waals surface area contributed by atoms with Gasteiger partial charge in [-0.3, -0.25) is 9.89 Å². The van der Waals surface area contributed by atoms with Crippen LogP contribution >= 0.6 is 0 Å². The highest BCUT2D eigenvalue weighted by molar-refractivity contribution is 5.90. The van der Waals surface area contributed by atoms with Crippen LogP contribution in [0.3, 0.4) is 0 Å². The Hall–Kier alpha value is -1.36. The number of anilines is 1. The average molecular weight is 194 g/mol. The van der Waals surface area contributed by atoms with Crippen molar-refractivity contribution >= 4 is 11.6 Å². The van der Waals surface area contributed by atoms with Gasteiger partial charge in [0.2, 0.25) is 5.91 Å². The molecule has 1 fully saturated rings. The first-order chi connectivity index (χ1) is 6.75. The van der Waals surface area contributed by atoms with Crippen LogP contribution in [-0.2, 0) is 4.79 Å². The van der Waals surface area contributed by atoms with Crippen LogP contribution < -0.4 is 11.1 Å². The largest absolute Gasteiger partial charge is 0.327 e. The van der Waals surface area contributed by atoms with Gasteiger partial charge in [0, 0.05) is 18.7 Å². The van der Waals surface area contributed by atoms with E-state index in [1.54, 1.807) is 12.4 Å². The van der Waals surface area contributed by atoms with E-state index in [9.17, 15) is 4.79 Å². The van der Waals surface area contributed by atoms with E-state index in [0.29, 0.717) is 18.0 Å². The molecule has 2 rings (SSSR count). The molecule has 1 amide bonds. The summed E-state index contributed by atoms with van der Waals surface area (Å²) in [5.41, 5.74) is 6.52. The first kappa shape index (κ1) is 9.21. The third-order valence-corrected chi connectivity index (χ3v) is 2.43. The standard InChI is InChI=1S/C9H14N4O/c10-8(6-1-2-6)3-9(14)13-7-4-11-12-5-7/h4-6,8H,1-3,10H2,(H,11,12)(H,13,14). The summed E-state index contributed by atoms with van der Waals surface area (Å²) >= 11 is 0. The van der Waals surface area contributed by atoms with Crippen molar-refractivity contribution in [1.29, 1.82) is 0 Å². The zero-order valence-electron chi connectivity index (χ0n) is 7.86. The number of carbonyl (C=O) groups excluding carboxylic acids is 1. The highest BCUT2D eigenvalue weighted by Crippen LogP contribution is 2.32. The maximum atomic E-state index is 11.4. The Morgan fingerprint density at radius 2 is 2.57 bits per heavy atom. The Morgan fingerprint density at radius 1 is 1.79 bits per heavy atom. The second-order valence-corrected chi connectivity index (χ2v) is 3.74. The molecule has 14 heavy (non-hydrogen) atoms. The molecule has 1 saturated carbocycles. The van der Waals surface area contributed by atoms with Crippen molar-refractivity contribution in [2.24, 2.45) is 11.7 Å². The van der Waals surface area contributed by atoms with E-state index in [2.05, 4.69) is 15.5 Å². The van der Waals surface area contributed by atoms with E-state index >= 15 is 0 Å².